The van der Waals surface area contributed by atoms with E-state index in [1.807, 2.05) is 41.9 Å². The molecule has 3 aromatic heterocycles. The summed E-state index contributed by atoms with van der Waals surface area (Å²) in [6.07, 6.45) is 2.25. The number of aromatic nitrogens is 3. The molecule has 3 fully saturated rings. The number of anilines is 2. The maximum atomic E-state index is 14.6. The number of nitrogens with zero attached hydrogens (tertiary/aromatic N) is 8. The number of halogens is 3. The second-order valence-corrected chi connectivity index (χ2v) is 14.9. The molecule has 0 atom stereocenters. The van der Waals surface area contributed by atoms with Gasteiger partial charge in [-0.05, 0) is 60.7 Å². The van der Waals surface area contributed by atoms with Gasteiger partial charge in [-0.25, -0.2) is 14.8 Å². The number of pyridine rings is 2. The lowest BCUT2D eigenvalue weighted by Crippen LogP contribution is -2.58. The van der Waals surface area contributed by atoms with Crippen LogP contribution in [0.1, 0.15) is 45.5 Å². The predicted octanol–water partition coefficient (Wildman–Crippen LogP) is 5.30. The van der Waals surface area contributed by atoms with E-state index in [0.29, 0.717) is 43.2 Å². The highest BCUT2D eigenvalue weighted by Crippen LogP contribution is 2.39. The molecule has 0 saturated carbocycles. The number of carbonyl (C=O) groups is 4. The van der Waals surface area contributed by atoms with E-state index in [0.717, 1.165) is 70.0 Å². The Morgan fingerprint density at radius 2 is 1.54 bits per heavy atom. The fourth-order valence-corrected chi connectivity index (χ4v) is 8.57. The number of piperazine rings is 1. The fraction of sp³-hybridized carbons (Fsp3) is 0.350. The number of imide groups is 2. The molecule has 2 aromatic carbocycles. The van der Waals surface area contributed by atoms with E-state index >= 15 is 0 Å². The van der Waals surface area contributed by atoms with Gasteiger partial charge in [-0.3, -0.25) is 29.6 Å². The number of hydrogen-bond acceptors (Lipinski definition) is 9. The molecule has 0 bridgehead atoms. The van der Waals surface area contributed by atoms with Crippen molar-refractivity contribution in [2.24, 2.45) is 13.0 Å². The number of carbonyl (C=O) groups excluding carboxylic acids is 4. The zero-order valence-electron chi connectivity index (χ0n) is 30.6. The summed E-state index contributed by atoms with van der Waals surface area (Å²) >= 11 is 0. The summed E-state index contributed by atoms with van der Waals surface area (Å²) in [7, 11) is 1.94. The molecule has 0 spiro atoms. The summed E-state index contributed by atoms with van der Waals surface area (Å²) in [6.45, 7) is 4.34. The average Bonchev–Trinajstić information content (AvgIpc) is 3.62. The molecule has 7 heterocycles. The van der Waals surface area contributed by atoms with E-state index < -0.39 is 35.5 Å². The van der Waals surface area contributed by atoms with E-state index in [9.17, 15) is 32.3 Å². The zero-order valence-corrected chi connectivity index (χ0v) is 30.6. The lowest BCUT2D eigenvalue weighted by Gasteiger charge is -2.40. The van der Waals surface area contributed by atoms with Crippen molar-refractivity contribution >= 4 is 57.1 Å². The van der Waals surface area contributed by atoms with E-state index in [4.69, 9.17) is 0 Å². The van der Waals surface area contributed by atoms with Gasteiger partial charge in [-0.2, -0.15) is 18.2 Å². The largest absolute Gasteiger partial charge is 0.419 e. The van der Waals surface area contributed by atoms with E-state index in [1.165, 1.54) is 12.3 Å². The topological polar surface area (TPSA) is 127 Å². The Labute approximate surface area is 319 Å². The molecule has 5 amide bonds. The summed E-state index contributed by atoms with van der Waals surface area (Å²) in [5.41, 5.74) is 3.46. The van der Waals surface area contributed by atoms with Crippen LogP contribution in [0.4, 0.5) is 29.5 Å². The molecule has 0 unspecified atom stereocenters. The number of hydrogen-bond donors (Lipinski definition) is 1. The Bertz CT molecular complexity index is 2430. The van der Waals surface area contributed by atoms with Crippen molar-refractivity contribution < 1.29 is 32.3 Å². The molecule has 4 aliphatic rings. The van der Waals surface area contributed by atoms with Crippen molar-refractivity contribution in [3.05, 3.63) is 83.8 Å². The van der Waals surface area contributed by atoms with E-state index in [-0.39, 0.29) is 29.9 Å². The Hall–Kier alpha value is -6.03. The molecule has 3 saturated heterocycles. The number of fused-ring (bicyclic) bond motifs is 4. The van der Waals surface area contributed by atoms with Gasteiger partial charge in [-0.15, -0.1) is 0 Å². The highest BCUT2D eigenvalue weighted by molar-refractivity contribution is 6.22. The third-order valence-electron chi connectivity index (χ3n) is 11.6. The Morgan fingerprint density at radius 3 is 2.29 bits per heavy atom. The van der Waals surface area contributed by atoms with Gasteiger partial charge in [0.2, 0.25) is 5.91 Å². The van der Waals surface area contributed by atoms with Crippen molar-refractivity contribution in [1.29, 1.82) is 0 Å². The van der Waals surface area contributed by atoms with Gasteiger partial charge in [0.05, 0.1) is 28.8 Å². The summed E-state index contributed by atoms with van der Waals surface area (Å²) in [4.78, 5) is 65.2. The van der Waals surface area contributed by atoms with Crippen LogP contribution in [-0.2, 0) is 18.0 Å². The molecule has 0 radical (unpaired) electrons. The predicted molar refractivity (Wildman–Crippen MR) is 202 cm³/mol. The third-order valence-corrected chi connectivity index (χ3v) is 11.6. The lowest BCUT2D eigenvalue weighted by molar-refractivity contribution is -0.137. The van der Waals surface area contributed by atoms with Crippen LogP contribution in [0.2, 0.25) is 0 Å². The van der Waals surface area contributed by atoms with Crippen molar-refractivity contribution in [3.63, 3.8) is 0 Å². The van der Waals surface area contributed by atoms with Crippen LogP contribution in [0.25, 0.3) is 32.9 Å². The first kappa shape index (κ1) is 35.7. The Morgan fingerprint density at radius 1 is 0.768 bits per heavy atom. The number of piperidine rings is 1. The molecule has 16 heteroatoms. The van der Waals surface area contributed by atoms with Crippen molar-refractivity contribution in [2.45, 2.75) is 25.4 Å². The van der Waals surface area contributed by atoms with Crippen LogP contribution < -0.4 is 15.1 Å². The molecule has 9 rings (SSSR count). The minimum Gasteiger partial charge on any atom is -0.371 e. The average molecular weight is 766 g/mol. The number of amides is 5. The van der Waals surface area contributed by atoms with Crippen LogP contribution in [0.3, 0.4) is 0 Å². The minimum atomic E-state index is -4.58. The normalized spacial score (nSPS) is 18.8. The van der Waals surface area contributed by atoms with Crippen LogP contribution in [0, 0.1) is 5.92 Å². The van der Waals surface area contributed by atoms with Gasteiger partial charge in [0.15, 0.2) is 0 Å². The van der Waals surface area contributed by atoms with Crippen molar-refractivity contribution in [1.82, 2.24) is 34.8 Å². The van der Waals surface area contributed by atoms with Crippen LogP contribution in [0.15, 0.2) is 67.1 Å². The monoisotopic (exact) mass is 765 g/mol. The number of benzene rings is 2. The van der Waals surface area contributed by atoms with Gasteiger partial charge >= 0.3 is 12.2 Å². The Balaban J connectivity index is 0.821. The smallest absolute Gasteiger partial charge is 0.371 e. The highest BCUT2D eigenvalue weighted by Gasteiger charge is 2.43. The maximum absolute atomic E-state index is 14.6. The zero-order chi connectivity index (χ0) is 38.9. The lowest BCUT2D eigenvalue weighted by atomic mass is 9.95. The Kier molecular flexibility index (Phi) is 8.67. The van der Waals surface area contributed by atoms with Crippen molar-refractivity contribution in [3.8, 4) is 11.1 Å². The second kappa shape index (κ2) is 13.6. The molecule has 288 valence electrons. The number of nitrogens with one attached hydrogen (secondary N) is 1. The first-order chi connectivity index (χ1) is 26.9. The summed E-state index contributed by atoms with van der Waals surface area (Å²) in [6, 6.07) is 13.1. The van der Waals surface area contributed by atoms with Gasteiger partial charge in [0.1, 0.15) is 5.82 Å². The molecule has 5 aromatic rings. The van der Waals surface area contributed by atoms with Crippen molar-refractivity contribution in [2.75, 3.05) is 62.2 Å². The minimum absolute atomic E-state index is 0.0106. The van der Waals surface area contributed by atoms with Crippen LogP contribution in [-0.4, -0.2) is 106 Å². The molecule has 56 heavy (non-hydrogen) atoms. The molecule has 1 N–H and O–H groups in total. The number of urea groups is 1. The molecular weight excluding hydrogens is 727 g/mol. The highest BCUT2D eigenvalue weighted by atomic mass is 19.4. The van der Waals surface area contributed by atoms with Crippen LogP contribution in [0.5, 0.6) is 0 Å². The van der Waals surface area contributed by atoms with Gasteiger partial charge in [0, 0.05) is 105 Å². The molecule has 4 aliphatic heterocycles. The number of alkyl halides is 3. The second-order valence-electron chi connectivity index (χ2n) is 14.9. The SMILES string of the molecule is Cn1c2ccncc2c2ccc(-c3cnc(N4CCN(CC5CCN(c6ccc7c(c6)C(=O)N(N6CCC(=O)NC6=O)C7=O)CC5)CC4)c(C(F)(F)F)c3)cc21. The fourth-order valence-electron chi connectivity index (χ4n) is 8.57. The first-order valence-electron chi connectivity index (χ1n) is 18.7. The van der Waals surface area contributed by atoms with Gasteiger partial charge < -0.3 is 14.4 Å². The summed E-state index contributed by atoms with van der Waals surface area (Å²) < 4.78 is 45.7. The quantitative estimate of drug-likeness (QED) is 0.229. The number of rotatable bonds is 6. The molecule has 0 aliphatic carbocycles. The summed E-state index contributed by atoms with van der Waals surface area (Å²) in [5.74, 6) is -1.31. The standard InChI is InChI=1S/C40H38F3N9O4/c1-47-33-6-10-44-22-31(33)28-4-2-25(19-34(28)47)26-18-32(40(41,42)43)36(45-21-26)50-16-14-48(15-17-50)23-24-7-11-49(12-8-24)27-3-5-29-30(20-27)38(55)52(37(29)54)51-13-9-35(53)46-39(51)56/h2-6,10,18-22,24H,7-9,11-17,23H2,1H3,(H,46,53,56). The number of hydrazine groups is 1. The van der Waals surface area contributed by atoms with E-state index in [2.05, 4.69) is 25.1 Å². The first-order valence-corrected chi connectivity index (χ1v) is 18.7. The van der Waals surface area contributed by atoms with Crippen LogP contribution >= 0.6 is 0 Å². The van der Waals surface area contributed by atoms with Gasteiger partial charge in [0.25, 0.3) is 11.8 Å². The van der Waals surface area contributed by atoms with E-state index in [1.54, 1.807) is 29.4 Å². The molecular formula is C40H38F3N9O4. The molecule has 13 nitrogen and oxygen atoms in total. The maximum Gasteiger partial charge on any atom is 0.419 e. The third kappa shape index (κ3) is 6.17. The van der Waals surface area contributed by atoms with Gasteiger partial charge in [-0.1, -0.05) is 12.1 Å². The number of aryl methyl sites for hydroxylation is 1. The summed E-state index contributed by atoms with van der Waals surface area (Å²) in [5, 5.41) is 5.90.